The molecule has 0 aromatic heterocycles. The van der Waals surface area contributed by atoms with E-state index in [4.69, 9.17) is 21.1 Å². The fourth-order valence-corrected chi connectivity index (χ4v) is 4.52. The summed E-state index contributed by atoms with van der Waals surface area (Å²) in [4.78, 5) is 2.38. The molecule has 140 valence electrons. The summed E-state index contributed by atoms with van der Waals surface area (Å²) in [5.41, 5.74) is 0.928. The molecule has 1 heterocycles. The SMILES string of the molecule is COc1ccc(N2CCN(S(=O)(=O)c3ccc(Cl)cc3)CC2)c(OC)c1. The molecule has 0 amide bonds. The van der Waals surface area contributed by atoms with Crippen LogP contribution in [0.2, 0.25) is 5.02 Å². The molecule has 0 unspecified atom stereocenters. The van der Waals surface area contributed by atoms with Gasteiger partial charge in [0.2, 0.25) is 10.0 Å². The average molecular weight is 397 g/mol. The second-order valence-corrected chi connectivity index (χ2v) is 8.26. The van der Waals surface area contributed by atoms with Crippen molar-refractivity contribution in [3.63, 3.8) is 0 Å². The molecule has 3 rings (SSSR count). The van der Waals surface area contributed by atoms with E-state index in [2.05, 4.69) is 4.90 Å². The molecule has 2 aromatic rings. The minimum atomic E-state index is -3.51. The van der Waals surface area contributed by atoms with Crippen molar-refractivity contribution in [3.05, 3.63) is 47.5 Å². The van der Waals surface area contributed by atoms with E-state index in [1.807, 2.05) is 18.2 Å². The van der Waals surface area contributed by atoms with E-state index in [0.717, 1.165) is 11.4 Å². The molecule has 0 N–H and O–H groups in total. The molecule has 1 aliphatic heterocycles. The summed E-state index contributed by atoms with van der Waals surface area (Å²) in [6.45, 7) is 1.96. The number of piperazine rings is 1. The molecule has 1 saturated heterocycles. The Morgan fingerprint density at radius 3 is 2.15 bits per heavy atom. The van der Waals surface area contributed by atoms with Gasteiger partial charge in [0, 0.05) is 37.3 Å². The Morgan fingerprint density at radius 1 is 0.923 bits per heavy atom. The first-order valence-electron chi connectivity index (χ1n) is 8.18. The summed E-state index contributed by atoms with van der Waals surface area (Å²) in [6.07, 6.45) is 0. The predicted molar refractivity (Wildman–Crippen MR) is 102 cm³/mol. The van der Waals surface area contributed by atoms with Crippen LogP contribution in [0.3, 0.4) is 0 Å². The maximum absolute atomic E-state index is 12.8. The molecule has 1 aliphatic rings. The number of anilines is 1. The minimum Gasteiger partial charge on any atom is -0.497 e. The van der Waals surface area contributed by atoms with Crippen molar-refractivity contribution in [3.8, 4) is 11.5 Å². The smallest absolute Gasteiger partial charge is 0.243 e. The lowest BCUT2D eigenvalue weighted by Gasteiger charge is -2.36. The van der Waals surface area contributed by atoms with Crippen LogP contribution in [-0.4, -0.2) is 53.1 Å². The summed E-state index contributed by atoms with van der Waals surface area (Å²) < 4.78 is 37.7. The van der Waals surface area contributed by atoms with E-state index in [9.17, 15) is 8.42 Å². The van der Waals surface area contributed by atoms with Gasteiger partial charge in [-0.05, 0) is 36.4 Å². The monoisotopic (exact) mass is 396 g/mol. The largest absolute Gasteiger partial charge is 0.497 e. The number of methoxy groups -OCH3 is 2. The lowest BCUT2D eigenvalue weighted by Crippen LogP contribution is -2.48. The van der Waals surface area contributed by atoms with Crippen LogP contribution in [-0.2, 0) is 10.0 Å². The zero-order valence-electron chi connectivity index (χ0n) is 14.7. The molecule has 0 aliphatic carbocycles. The van der Waals surface area contributed by atoms with Crippen molar-refractivity contribution in [2.45, 2.75) is 4.90 Å². The zero-order valence-corrected chi connectivity index (χ0v) is 16.3. The van der Waals surface area contributed by atoms with Gasteiger partial charge in [-0.3, -0.25) is 0 Å². The Hall–Kier alpha value is -1.96. The number of benzene rings is 2. The van der Waals surface area contributed by atoms with Gasteiger partial charge in [-0.2, -0.15) is 4.31 Å². The third kappa shape index (κ3) is 3.75. The zero-order chi connectivity index (χ0) is 18.7. The number of halogens is 1. The Morgan fingerprint density at radius 2 is 1.58 bits per heavy atom. The third-order valence-electron chi connectivity index (χ3n) is 4.42. The lowest BCUT2D eigenvalue weighted by atomic mass is 10.2. The lowest BCUT2D eigenvalue weighted by molar-refractivity contribution is 0.375. The van der Waals surface area contributed by atoms with Crippen molar-refractivity contribution in [1.29, 1.82) is 0 Å². The Balaban J connectivity index is 1.74. The van der Waals surface area contributed by atoms with Gasteiger partial charge in [0.1, 0.15) is 11.5 Å². The second kappa shape index (κ2) is 7.73. The highest BCUT2D eigenvalue weighted by molar-refractivity contribution is 7.89. The Bertz CT molecular complexity index is 863. The maximum atomic E-state index is 12.8. The van der Waals surface area contributed by atoms with Crippen LogP contribution in [0, 0.1) is 0 Å². The highest BCUT2D eigenvalue weighted by Gasteiger charge is 2.29. The highest BCUT2D eigenvalue weighted by Crippen LogP contribution is 2.33. The van der Waals surface area contributed by atoms with Crippen molar-refractivity contribution in [1.82, 2.24) is 4.31 Å². The number of sulfonamides is 1. The van der Waals surface area contributed by atoms with E-state index in [-0.39, 0.29) is 4.90 Å². The minimum absolute atomic E-state index is 0.261. The van der Waals surface area contributed by atoms with Crippen molar-refractivity contribution in [2.24, 2.45) is 0 Å². The van der Waals surface area contributed by atoms with Crippen LogP contribution in [0.15, 0.2) is 47.4 Å². The first-order chi connectivity index (χ1) is 12.5. The maximum Gasteiger partial charge on any atom is 0.243 e. The van der Waals surface area contributed by atoms with Crippen LogP contribution in [0.4, 0.5) is 5.69 Å². The van der Waals surface area contributed by atoms with E-state index < -0.39 is 10.0 Å². The predicted octanol–water partition coefficient (Wildman–Crippen LogP) is 2.87. The third-order valence-corrected chi connectivity index (χ3v) is 6.58. The first kappa shape index (κ1) is 18.8. The number of nitrogens with zero attached hydrogens (tertiary/aromatic N) is 2. The molecule has 0 spiro atoms. The Labute approximate surface area is 158 Å². The number of ether oxygens (including phenoxy) is 2. The fourth-order valence-electron chi connectivity index (χ4n) is 2.97. The highest BCUT2D eigenvalue weighted by atomic mass is 35.5. The van der Waals surface area contributed by atoms with Crippen molar-refractivity contribution in [2.75, 3.05) is 45.3 Å². The molecule has 6 nitrogen and oxygen atoms in total. The van der Waals surface area contributed by atoms with Crippen LogP contribution in [0.25, 0.3) is 0 Å². The molecular weight excluding hydrogens is 376 g/mol. The summed E-state index contributed by atoms with van der Waals surface area (Å²) in [7, 11) is -0.297. The number of hydrogen-bond acceptors (Lipinski definition) is 5. The van der Waals surface area contributed by atoms with Crippen molar-refractivity contribution >= 4 is 27.3 Å². The average Bonchev–Trinajstić information content (AvgIpc) is 2.68. The summed E-state index contributed by atoms with van der Waals surface area (Å²) >= 11 is 5.85. The molecular formula is C18H21ClN2O4S. The molecule has 0 bridgehead atoms. The molecule has 8 heteroatoms. The van der Waals surface area contributed by atoms with Gasteiger partial charge in [0.25, 0.3) is 0 Å². The van der Waals surface area contributed by atoms with Crippen LogP contribution >= 0.6 is 11.6 Å². The quantitative estimate of drug-likeness (QED) is 0.777. The standard InChI is InChI=1S/C18H21ClN2O4S/c1-24-15-5-8-17(18(13-15)25-2)20-9-11-21(12-10-20)26(22,23)16-6-3-14(19)4-7-16/h3-8,13H,9-12H2,1-2H3. The van der Waals surface area contributed by atoms with Crippen LogP contribution < -0.4 is 14.4 Å². The number of rotatable bonds is 5. The first-order valence-corrected chi connectivity index (χ1v) is 10.00. The summed E-state index contributed by atoms with van der Waals surface area (Å²) in [6, 6.07) is 11.9. The van der Waals surface area contributed by atoms with Gasteiger partial charge >= 0.3 is 0 Å². The van der Waals surface area contributed by atoms with Gasteiger partial charge in [-0.1, -0.05) is 11.6 Å². The molecule has 26 heavy (non-hydrogen) atoms. The van der Waals surface area contributed by atoms with E-state index in [0.29, 0.717) is 37.0 Å². The van der Waals surface area contributed by atoms with Gasteiger partial charge in [-0.25, -0.2) is 8.42 Å². The van der Waals surface area contributed by atoms with E-state index in [1.165, 1.54) is 16.4 Å². The molecule has 2 aromatic carbocycles. The second-order valence-electron chi connectivity index (χ2n) is 5.88. The number of hydrogen-bond donors (Lipinski definition) is 0. The van der Waals surface area contributed by atoms with Crippen molar-refractivity contribution < 1.29 is 17.9 Å². The fraction of sp³-hybridized carbons (Fsp3) is 0.333. The normalized spacial score (nSPS) is 15.7. The molecule has 0 radical (unpaired) electrons. The van der Waals surface area contributed by atoms with Crippen LogP contribution in [0.1, 0.15) is 0 Å². The van der Waals surface area contributed by atoms with E-state index in [1.54, 1.807) is 26.4 Å². The van der Waals surface area contributed by atoms with Gasteiger partial charge < -0.3 is 14.4 Å². The molecule has 0 atom stereocenters. The summed E-state index contributed by atoms with van der Waals surface area (Å²) in [5, 5.41) is 0.514. The van der Waals surface area contributed by atoms with E-state index >= 15 is 0 Å². The van der Waals surface area contributed by atoms with Gasteiger partial charge in [0.15, 0.2) is 0 Å². The van der Waals surface area contributed by atoms with Gasteiger partial charge in [0.05, 0.1) is 24.8 Å². The Kier molecular flexibility index (Phi) is 5.60. The molecule has 0 saturated carbocycles. The van der Waals surface area contributed by atoms with Gasteiger partial charge in [-0.15, -0.1) is 0 Å². The molecule has 1 fully saturated rings. The topological polar surface area (TPSA) is 59.1 Å². The summed E-state index contributed by atoms with van der Waals surface area (Å²) in [5.74, 6) is 1.42. The van der Waals surface area contributed by atoms with Crippen LogP contribution in [0.5, 0.6) is 11.5 Å².